The summed E-state index contributed by atoms with van der Waals surface area (Å²) in [5.74, 6) is 9.09. The highest BCUT2D eigenvalue weighted by atomic mass is 28.4. The van der Waals surface area contributed by atoms with Crippen LogP contribution in [0.5, 0.6) is 0 Å². The molecule has 4 nitrogen and oxygen atoms in total. The maximum atomic E-state index is 8.94. The van der Waals surface area contributed by atoms with Gasteiger partial charge in [0.1, 0.15) is 16.1 Å². The Morgan fingerprint density at radius 1 is 0.524 bits per heavy atom. The normalized spacial score (nSPS) is 25.7. The number of hydrogen-bond donors (Lipinski definition) is 2. The van der Waals surface area contributed by atoms with Gasteiger partial charge in [0, 0.05) is 61.9 Å². The minimum absolute atomic E-state index is 0. The molecular weight excluding hydrogens is 585 g/mol. The lowest BCUT2D eigenvalue weighted by Crippen LogP contribution is -2.42. The Hall–Kier alpha value is -0.172. The van der Waals surface area contributed by atoms with Gasteiger partial charge >= 0.3 is 0 Å². The van der Waals surface area contributed by atoms with E-state index in [1.165, 1.54) is 0 Å². The third-order valence-electron chi connectivity index (χ3n) is 9.20. The molecule has 2 aliphatic rings. The van der Waals surface area contributed by atoms with Gasteiger partial charge < -0.3 is 19.1 Å². The van der Waals surface area contributed by atoms with E-state index in [4.69, 9.17) is 19.1 Å². The Morgan fingerprint density at radius 2 is 0.786 bits per heavy atom. The lowest BCUT2D eigenvalue weighted by Gasteiger charge is -2.36. The summed E-state index contributed by atoms with van der Waals surface area (Å²) >= 11 is 0. The second-order valence-electron chi connectivity index (χ2n) is 17.3. The molecule has 2 rings (SSSR count). The van der Waals surface area contributed by atoms with Crippen LogP contribution in [-0.4, -0.2) is 69.4 Å². The molecule has 4 atom stereocenters. The van der Waals surface area contributed by atoms with E-state index >= 15 is 0 Å². The Bertz CT molecular complexity index is 897. The van der Waals surface area contributed by atoms with Crippen molar-refractivity contribution in [1.82, 2.24) is 0 Å². The van der Waals surface area contributed by atoms with Crippen LogP contribution in [0.3, 0.4) is 0 Å². The molecule has 0 aliphatic heterocycles. The summed E-state index contributed by atoms with van der Waals surface area (Å²) in [4.78, 5) is 0. The lowest BCUT2D eigenvalue weighted by atomic mass is 10.2. The summed E-state index contributed by atoms with van der Waals surface area (Å²) in [5.41, 5.74) is 6.88. The highest BCUT2D eigenvalue weighted by Crippen LogP contribution is 2.49. The summed E-state index contributed by atoms with van der Waals surface area (Å²) in [6.45, 7) is 38.9. The monoisotopic (exact) mass is 656 g/mol. The zero-order valence-electron chi connectivity index (χ0n) is 29.0. The van der Waals surface area contributed by atoms with Gasteiger partial charge in [0.2, 0.25) is 0 Å². The van der Waals surface area contributed by atoms with Crippen molar-refractivity contribution in [3.63, 3.8) is 0 Å². The quantitative estimate of drug-likeness (QED) is 0.203. The molecule has 2 N–H and O–H groups in total. The predicted molar refractivity (Wildman–Crippen MR) is 197 cm³/mol. The molecule has 0 amide bonds. The van der Waals surface area contributed by atoms with Crippen LogP contribution in [0, 0.1) is 58.4 Å². The first-order valence-electron chi connectivity index (χ1n) is 15.3. The first kappa shape index (κ1) is 44.0. The van der Waals surface area contributed by atoms with E-state index in [1.54, 1.807) is 0 Å². The van der Waals surface area contributed by atoms with Crippen molar-refractivity contribution >= 4 is 32.8 Å². The van der Waals surface area contributed by atoms with E-state index in [2.05, 4.69) is 130 Å². The molecule has 248 valence electrons. The van der Waals surface area contributed by atoms with Crippen molar-refractivity contribution in [2.45, 2.75) is 132 Å². The van der Waals surface area contributed by atoms with Crippen molar-refractivity contribution in [2.24, 2.45) is 35.5 Å². The Morgan fingerprint density at radius 3 is 1.00 bits per heavy atom. The molecule has 0 heterocycles. The largest absolute Gasteiger partial charge is 0.416 e. The van der Waals surface area contributed by atoms with Crippen LogP contribution < -0.4 is 0 Å². The van der Waals surface area contributed by atoms with Crippen LogP contribution >= 0.6 is 0 Å². The maximum Gasteiger partial charge on any atom is 0.191 e. The van der Waals surface area contributed by atoms with Crippen LogP contribution in [0.25, 0.3) is 0 Å². The van der Waals surface area contributed by atoms with Crippen molar-refractivity contribution in [2.75, 3.05) is 26.4 Å². The topological polar surface area (TPSA) is 58.9 Å². The van der Waals surface area contributed by atoms with E-state index in [0.29, 0.717) is 17.8 Å². The van der Waals surface area contributed by atoms with Gasteiger partial charge in [-0.3, -0.25) is 0 Å². The molecular formula is C34H72O4Si4. The zero-order valence-corrected chi connectivity index (χ0v) is 33.0. The summed E-state index contributed by atoms with van der Waals surface area (Å²) in [5, 5.41) is 18.4. The van der Waals surface area contributed by atoms with Crippen LogP contribution in [-0.2, 0) is 8.85 Å². The van der Waals surface area contributed by atoms with Crippen molar-refractivity contribution in [3.05, 3.63) is 0 Å². The van der Waals surface area contributed by atoms with E-state index in [9.17, 15) is 0 Å². The van der Waals surface area contributed by atoms with Gasteiger partial charge in [-0.15, -0.1) is 22.9 Å². The van der Waals surface area contributed by atoms with Crippen LogP contribution in [0.2, 0.25) is 75.5 Å². The van der Waals surface area contributed by atoms with Gasteiger partial charge in [0.25, 0.3) is 0 Å². The van der Waals surface area contributed by atoms with Crippen molar-refractivity contribution in [3.8, 4) is 22.9 Å². The average Bonchev–Trinajstić information content (AvgIpc) is 3.64. The van der Waals surface area contributed by atoms with Crippen molar-refractivity contribution in [1.29, 1.82) is 0 Å². The Kier molecular flexibility index (Phi) is 16.6. The second kappa shape index (κ2) is 15.9. The maximum absolute atomic E-state index is 8.94. The van der Waals surface area contributed by atoms with E-state index in [0.717, 1.165) is 13.2 Å². The minimum Gasteiger partial charge on any atom is -0.416 e. The Labute approximate surface area is 267 Å². The number of rotatable bonds is 8. The van der Waals surface area contributed by atoms with Gasteiger partial charge in [-0.1, -0.05) is 95.7 Å². The number of hydrogen-bond acceptors (Lipinski definition) is 4. The molecule has 0 aromatic carbocycles. The first-order valence-corrected chi connectivity index (χ1v) is 28.1. The predicted octanol–water partition coefficient (Wildman–Crippen LogP) is 8.76. The fourth-order valence-corrected chi connectivity index (χ4v) is 7.20. The molecule has 0 bridgehead atoms. The third kappa shape index (κ3) is 13.9. The summed E-state index contributed by atoms with van der Waals surface area (Å²) in [6.07, 6.45) is 0. The summed E-state index contributed by atoms with van der Waals surface area (Å²) in [6, 6.07) is 0. The smallest absolute Gasteiger partial charge is 0.191 e. The van der Waals surface area contributed by atoms with Crippen LogP contribution in [0.1, 0.15) is 56.4 Å². The molecule has 0 spiro atoms. The van der Waals surface area contributed by atoms with Gasteiger partial charge in [-0.25, -0.2) is 0 Å². The Balaban J connectivity index is 0. The van der Waals surface area contributed by atoms with Gasteiger partial charge in [0.15, 0.2) is 16.6 Å². The fraction of sp³-hybridized carbons (Fsp3) is 0.882. The first-order chi connectivity index (χ1) is 17.8. The van der Waals surface area contributed by atoms with Crippen LogP contribution in [0.4, 0.5) is 0 Å². The van der Waals surface area contributed by atoms with Crippen molar-refractivity contribution < 1.29 is 19.1 Å². The summed E-state index contributed by atoms with van der Waals surface area (Å²) in [7, 11) is -6.05. The van der Waals surface area contributed by atoms with Gasteiger partial charge in [-0.05, 0) is 36.3 Å². The molecule has 4 unspecified atom stereocenters. The van der Waals surface area contributed by atoms with Crippen LogP contribution in [0.15, 0.2) is 0 Å². The fourth-order valence-electron chi connectivity index (χ4n) is 3.91. The molecule has 42 heavy (non-hydrogen) atoms. The average molecular weight is 657 g/mol. The molecule has 2 fully saturated rings. The molecule has 0 aromatic heterocycles. The number of aliphatic hydroxyl groups excluding tert-OH is 2. The summed E-state index contributed by atoms with van der Waals surface area (Å²) < 4.78 is 13.1. The highest BCUT2D eigenvalue weighted by Gasteiger charge is 2.52. The molecule has 0 saturated heterocycles. The third-order valence-corrected chi connectivity index (χ3v) is 20.0. The highest BCUT2D eigenvalue weighted by molar-refractivity contribution is 6.84. The molecule has 2 aliphatic carbocycles. The molecule has 0 radical (unpaired) electrons. The van der Waals surface area contributed by atoms with E-state index < -0.39 is 32.8 Å². The molecule has 0 aromatic rings. The lowest BCUT2D eigenvalue weighted by molar-refractivity contribution is 0.232. The van der Waals surface area contributed by atoms with Gasteiger partial charge in [0.05, 0.1) is 0 Å². The molecule has 8 heteroatoms. The SMILES string of the molecule is C.C.CC(C)(C)[Si](C)(C)OCC1C(C#C[Si](C)(C)C)C1CO[Si](C)(C)C(C)(C)C.C[Si](C)(C)C#CC1C(CO)C1CO. The standard InChI is InChI=1S/C22H46O2Si3.C10H18O2Si.2CH4/c1-21(2,3)26(10,11)23-16-19-18(14-15-25(7,8)9)20(19)17-24-27(12,13)22(4,5)6;1-13(2,3)5-4-8-9(6-11)10(8)7-12;;/h18-20H,16-17H2,1-13H3;8-12H,6-7H2,1-3H3;2*1H4. The second-order valence-corrected chi connectivity index (χ2v) is 36.4. The number of aliphatic hydroxyl groups is 2. The molecule has 2 saturated carbocycles. The van der Waals surface area contributed by atoms with E-state index in [1.807, 2.05) is 0 Å². The van der Waals surface area contributed by atoms with E-state index in [-0.39, 0.29) is 55.9 Å². The van der Waals surface area contributed by atoms with Gasteiger partial charge in [-0.2, -0.15) is 0 Å². The minimum atomic E-state index is -1.71. The zero-order chi connectivity index (χ0) is 31.5.